The molecule has 1 aliphatic heterocycles. The van der Waals surface area contributed by atoms with Crippen molar-refractivity contribution in [2.24, 2.45) is 11.8 Å². The maximum atomic E-state index is 12.3. The van der Waals surface area contributed by atoms with Gasteiger partial charge in [0.1, 0.15) is 0 Å². The predicted octanol–water partition coefficient (Wildman–Crippen LogP) is 2.80. The zero-order chi connectivity index (χ0) is 17.5. The summed E-state index contributed by atoms with van der Waals surface area (Å²) in [6, 6.07) is 1.79. The molecule has 1 aliphatic rings. The number of aromatic nitrogens is 1. The second-order valence-electron chi connectivity index (χ2n) is 6.98. The number of carbonyl (C=O) groups is 2. The number of hydrogen-bond acceptors (Lipinski definition) is 3. The first-order chi connectivity index (χ1) is 11.5. The Balaban J connectivity index is 1.83. The molecule has 0 aliphatic carbocycles. The van der Waals surface area contributed by atoms with E-state index in [1.807, 2.05) is 11.8 Å². The zero-order valence-electron chi connectivity index (χ0n) is 14.8. The van der Waals surface area contributed by atoms with Crippen LogP contribution in [0.4, 0.5) is 10.5 Å². The Morgan fingerprint density at radius 1 is 1.42 bits per heavy atom. The molecule has 132 valence electrons. The predicted molar refractivity (Wildman–Crippen MR) is 94.8 cm³/mol. The van der Waals surface area contributed by atoms with Gasteiger partial charge in [-0.3, -0.25) is 9.78 Å². The summed E-state index contributed by atoms with van der Waals surface area (Å²) in [5.41, 5.74) is 1.75. The highest BCUT2D eigenvalue weighted by Gasteiger charge is 2.25. The molecule has 2 heterocycles. The van der Waals surface area contributed by atoms with Gasteiger partial charge in [-0.05, 0) is 43.2 Å². The van der Waals surface area contributed by atoms with Crippen molar-refractivity contribution in [3.05, 3.63) is 24.0 Å². The number of amides is 3. The summed E-state index contributed by atoms with van der Waals surface area (Å²) >= 11 is 0. The molecule has 0 spiro atoms. The van der Waals surface area contributed by atoms with E-state index in [-0.39, 0.29) is 17.9 Å². The normalized spacial score (nSPS) is 17.7. The third-order valence-electron chi connectivity index (χ3n) is 4.24. The van der Waals surface area contributed by atoms with Crippen molar-refractivity contribution in [3.63, 3.8) is 0 Å². The number of anilines is 1. The van der Waals surface area contributed by atoms with E-state index < -0.39 is 0 Å². The van der Waals surface area contributed by atoms with E-state index in [1.54, 1.807) is 18.5 Å². The van der Waals surface area contributed by atoms with E-state index >= 15 is 0 Å². The summed E-state index contributed by atoms with van der Waals surface area (Å²) in [6.45, 7) is 8.17. The number of hydrogen-bond donors (Lipinski definition) is 2. The number of nitrogens with one attached hydrogen (secondary N) is 2. The van der Waals surface area contributed by atoms with Crippen LogP contribution in [-0.4, -0.2) is 41.5 Å². The molecule has 6 heteroatoms. The first-order valence-electron chi connectivity index (χ1n) is 8.69. The van der Waals surface area contributed by atoms with Gasteiger partial charge < -0.3 is 15.5 Å². The monoisotopic (exact) mass is 332 g/mol. The Morgan fingerprint density at radius 3 is 2.92 bits per heavy atom. The molecule has 1 saturated heterocycles. The SMILES string of the molecule is Cc1cnccc1NC(=O)C[C@H]1CCCN(C(=O)NCC(C)C)C1. The number of nitrogens with zero attached hydrogens (tertiary/aromatic N) is 2. The second-order valence-corrected chi connectivity index (χ2v) is 6.98. The fourth-order valence-corrected chi connectivity index (χ4v) is 2.90. The molecule has 0 aromatic carbocycles. The van der Waals surface area contributed by atoms with Gasteiger partial charge in [-0.25, -0.2) is 4.79 Å². The lowest BCUT2D eigenvalue weighted by molar-refractivity contribution is -0.117. The van der Waals surface area contributed by atoms with Crippen molar-refractivity contribution < 1.29 is 9.59 Å². The first kappa shape index (κ1) is 18.2. The Bertz CT molecular complexity index is 574. The fraction of sp³-hybridized carbons (Fsp3) is 0.611. The molecule has 1 aromatic rings. The lowest BCUT2D eigenvalue weighted by Gasteiger charge is -2.32. The van der Waals surface area contributed by atoms with E-state index in [0.29, 0.717) is 25.4 Å². The van der Waals surface area contributed by atoms with Crippen LogP contribution in [0.3, 0.4) is 0 Å². The van der Waals surface area contributed by atoms with Crippen LogP contribution in [0.15, 0.2) is 18.5 Å². The third-order valence-corrected chi connectivity index (χ3v) is 4.24. The van der Waals surface area contributed by atoms with E-state index in [9.17, 15) is 9.59 Å². The van der Waals surface area contributed by atoms with Gasteiger partial charge in [0.15, 0.2) is 0 Å². The number of aryl methyl sites for hydroxylation is 1. The number of pyridine rings is 1. The van der Waals surface area contributed by atoms with Gasteiger partial charge in [-0.15, -0.1) is 0 Å². The van der Waals surface area contributed by atoms with Crippen LogP contribution in [0.5, 0.6) is 0 Å². The molecule has 0 radical (unpaired) electrons. The highest BCUT2D eigenvalue weighted by atomic mass is 16.2. The maximum Gasteiger partial charge on any atom is 0.317 e. The molecule has 0 saturated carbocycles. The molecule has 0 unspecified atom stereocenters. The number of likely N-dealkylation sites (tertiary alicyclic amines) is 1. The molecule has 3 amide bonds. The quantitative estimate of drug-likeness (QED) is 0.871. The van der Waals surface area contributed by atoms with Crippen LogP contribution >= 0.6 is 0 Å². The van der Waals surface area contributed by atoms with Crippen LogP contribution < -0.4 is 10.6 Å². The minimum atomic E-state index is -0.0150. The number of urea groups is 1. The molecule has 1 aromatic heterocycles. The Hall–Kier alpha value is -2.11. The average molecular weight is 332 g/mol. The van der Waals surface area contributed by atoms with Crippen molar-refractivity contribution in [2.45, 2.75) is 40.0 Å². The summed E-state index contributed by atoms with van der Waals surface area (Å²) in [6.07, 6.45) is 5.77. The molecular weight excluding hydrogens is 304 g/mol. The standard InChI is InChI=1S/C18H28N4O2/c1-13(2)10-20-18(24)22-8-4-5-15(12-22)9-17(23)21-16-6-7-19-11-14(16)3/h6-7,11,13,15H,4-5,8-10,12H2,1-3H3,(H,20,24)(H,19,21,23)/t15-/m1/s1. The van der Waals surface area contributed by atoms with Gasteiger partial charge in [-0.1, -0.05) is 13.8 Å². The summed E-state index contributed by atoms with van der Waals surface area (Å²) in [5.74, 6) is 0.647. The minimum absolute atomic E-state index is 0.00117. The molecule has 6 nitrogen and oxygen atoms in total. The van der Waals surface area contributed by atoms with E-state index in [1.165, 1.54) is 0 Å². The van der Waals surface area contributed by atoms with Crippen LogP contribution in [0.25, 0.3) is 0 Å². The number of carbonyl (C=O) groups excluding carboxylic acids is 2. The average Bonchev–Trinajstić information content (AvgIpc) is 2.55. The molecular formula is C18H28N4O2. The highest BCUT2D eigenvalue weighted by Crippen LogP contribution is 2.21. The zero-order valence-corrected chi connectivity index (χ0v) is 14.8. The lowest BCUT2D eigenvalue weighted by Crippen LogP contribution is -2.46. The van der Waals surface area contributed by atoms with Gasteiger partial charge in [0, 0.05) is 44.1 Å². The molecule has 2 N–H and O–H groups in total. The smallest absolute Gasteiger partial charge is 0.317 e. The fourth-order valence-electron chi connectivity index (χ4n) is 2.90. The van der Waals surface area contributed by atoms with Crippen LogP contribution in [0.1, 0.15) is 38.7 Å². The van der Waals surface area contributed by atoms with Crippen molar-refractivity contribution in [2.75, 3.05) is 25.0 Å². The van der Waals surface area contributed by atoms with E-state index in [0.717, 1.165) is 30.6 Å². The molecule has 24 heavy (non-hydrogen) atoms. The highest BCUT2D eigenvalue weighted by molar-refractivity contribution is 5.91. The van der Waals surface area contributed by atoms with Gasteiger partial charge in [0.25, 0.3) is 0 Å². The first-order valence-corrected chi connectivity index (χ1v) is 8.69. The van der Waals surface area contributed by atoms with Crippen molar-refractivity contribution in [3.8, 4) is 0 Å². The summed E-state index contributed by atoms with van der Waals surface area (Å²) in [4.78, 5) is 30.3. The largest absolute Gasteiger partial charge is 0.338 e. The maximum absolute atomic E-state index is 12.3. The number of piperidine rings is 1. The summed E-state index contributed by atoms with van der Waals surface area (Å²) in [5, 5.41) is 5.90. The van der Waals surface area contributed by atoms with Crippen LogP contribution in [0, 0.1) is 18.8 Å². The number of rotatable bonds is 5. The minimum Gasteiger partial charge on any atom is -0.338 e. The van der Waals surface area contributed by atoms with Gasteiger partial charge >= 0.3 is 6.03 Å². The summed E-state index contributed by atoms with van der Waals surface area (Å²) in [7, 11) is 0. The van der Waals surface area contributed by atoms with Crippen molar-refractivity contribution in [1.82, 2.24) is 15.2 Å². The molecule has 0 bridgehead atoms. The Morgan fingerprint density at radius 2 is 2.21 bits per heavy atom. The second kappa shape index (κ2) is 8.66. The van der Waals surface area contributed by atoms with Crippen molar-refractivity contribution >= 4 is 17.6 Å². The Kier molecular flexibility index (Phi) is 6.58. The van der Waals surface area contributed by atoms with Crippen molar-refractivity contribution in [1.29, 1.82) is 0 Å². The van der Waals surface area contributed by atoms with E-state index in [2.05, 4.69) is 29.5 Å². The lowest BCUT2D eigenvalue weighted by atomic mass is 9.94. The third kappa shape index (κ3) is 5.51. The van der Waals surface area contributed by atoms with E-state index in [4.69, 9.17) is 0 Å². The van der Waals surface area contributed by atoms with Gasteiger partial charge in [0.05, 0.1) is 0 Å². The summed E-state index contributed by atoms with van der Waals surface area (Å²) < 4.78 is 0. The van der Waals surface area contributed by atoms with Crippen LogP contribution in [-0.2, 0) is 4.79 Å². The molecule has 2 rings (SSSR count). The van der Waals surface area contributed by atoms with Crippen LogP contribution in [0.2, 0.25) is 0 Å². The van der Waals surface area contributed by atoms with Gasteiger partial charge in [0.2, 0.25) is 5.91 Å². The molecule has 1 fully saturated rings. The Labute approximate surface area is 144 Å². The topological polar surface area (TPSA) is 74.3 Å². The van der Waals surface area contributed by atoms with Gasteiger partial charge in [-0.2, -0.15) is 0 Å². The molecule has 1 atom stereocenters.